The molecule has 1 aliphatic carbocycles. The zero-order chi connectivity index (χ0) is 20.9. The van der Waals surface area contributed by atoms with E-state index in [1.807, 2.05) is 24.3 Å². The van der Waals surface area contributed by atoms with Gasteiger partial charge in [0.15, 0.2) is 5.13 Å². The van der Waals surface area contributed by atoms with Gasteiger partial charge in [-0.2, -0.15) is 0 Å². The number of benzene rings is 2. The van der Waals surface area contributed by atoms with Crippen LogP contribution in [0.4, 0.5) is 10.8 Å². The summed E-state index contributed by atoms with van der Waals surface area (Å²) >= 11 is 1.59. The maximum atomic E-state index is 11.1. The minimum Gasteiger partial charge on any atom is -0.497 e. The van der Waals surface area contributed by atoms with E-state index in [0.717, 1.165) is 53.5 Å². The van der Waals surface area contributed by atoms with E-state index in [2.05, 4.69) is 35.0 Å². The van der Waals surface area contributed by atoms with Gasteiger partial charge >= 0.3 is 5.97 Å². The molecule has 0 aliphatic heterocycles. The molecule has 30 heavy (non-hydrogen) atoms. The zero-order valence-corrected chi connectivity index (χ0v) is 18.1. The Hall–Kier alpha value is -2.86. The summed E-state index contributed by atoms with van der Waals surface area (Å²) in [5.41, 5.74) is 4.39. The van der Waals surface area contributed by atoms with Crippen LogP contribution in [-0.2, 0) is 9.53 Å². The van der Waals surface area contributed by atoms with Crippen molar-refractivity contribution in [3.05, 3.63) is 59.5 Å². The number of anilines is 2. The maximum absolute atomic E-state index is 11.1. The molecule has 5 nitrogen and oxygen atoms in total. The van der Waals surface area contributed by atoms with Crippen LogP contribution in [0.2, 0.25) is 0 Å². The van der Waals surface area contributed by atoms with Gasteiger partial charge in [-0.15, -0.1) is 11.3 Å². The molecule has 0 bridgehead atoms. The van der Waals surface area contributed by atoms with Gasteiger partial charge in [0.05, 0.1) is 12.8 Å². The molecule has 2 aromatic carbocycles. The van der Waals surface area contributed by atoms with E-state index >= 15 is 0 Å². The van der Waals surface area contributed by atoms with Crippen LogP contribution in [0.5, 0.6) is 5.75 Å². The van der Waals surface area contributed by atoms with Crippen LogP contribution in [-0.4, -0.2) is 24.2 Å². The van der Waals surface area contributed by atoms with Crippen molar-refractivity contribution in [2.75, 3.05) is 12.4 Å². The molecule has 0 radical (unpaired) electrons. The molecule has 1 heterocycles. The third kappa shape index (κ3) is 5.00. The monoisotopic (exact) mass is 422 g/mol. The Bertz CT molecular complexity index is 992. The topological polar surface area (TPSA) is 60.4 Å². The molecule has 1 aliphatic rings. The van der Waals surface area contributed by atoms with E-state index in [9.17, 15) is 4.79 Å². The number of methoxy groups -OCH3 is 1. The molecule has 1 fully saturated rings. The molecule has 0 spiro atoms. The second-order valence-electron chi connectivity index (χ2n) is 7.60. The first-order chi connectivity index (χ1) is 14.6. The van der Waals surface area contributed by atoms with Crippen LogP contribution in [0.3, 0.4) is 0 Å². The molecular formula is C24H26N2O3S. The number of esters is 1. The summed E-state index contributed by atoms with van der Waals surface area (Å²) in [5.74, 6) is 1.17. The summed E-state index contributed by atoms with van der Waals surface area (Å²) in [4.78, 5) is 15.9. The summed E-state index contributed by atoms with van der Waals surface area (Å²) in [6.07, 6.45) is 4.09. The van der Waals surface area contributed by atoms with Crippen molar-refractivity contribution < 1.29 is 14.3 Å². The fourth-order valence-corrected chi connectivity index (χ4v) is 4.70. The van der Waals surface area contributed by atoms with Crippen molar-refractivity contribution in [1.29, 1.82) is 0 Å². The standard InChI is InChI=1S/C24H26N2O3S/c1-16(27)29-21-12-10-18(11-13-21)17-6-8-19(9-7-17)23-15-30-24(26-23)25-20-4-3-5-22(14-20)28-2/h3-9,14-15,18,21H,10-13H2,1-2H3,(H,25,26). The van der Waals surface area contributed by atoms with Gasteiger partial charge in [-0.3, -0.25) is 4.79 Å². The minimum absolute atomic E-state index is 0.0866. The van der Waals surface area contributed by atoms with Gasteiger partial charge in [0.1, 0.15) is 11.9 Å². The minimum atomic E-state index is -0.175. The van der Waals surface area contributed by atoms with Gasteiger partial charge in [0.2, 0.25) is 0 Å². The Morgan fingerprint density at radius 3 is 2.57 bits per heavy atom. The van der Waals surface area contributed by atoms with Crippen LogP contribution >= 0.6 is 11.3 Å². The Morgan fingerprint density at radius 2 is 1.87 bits per heavy atom. The van der Waals surface area contributed by atoms with Crippen molar-refractivity contribution in [2.24, 2.45) is 0 Å². The van der Waals surface area contributed by atoms with Gasteiger partial charge in [0, 0.05) is 29.6 Å². The predicted molar refractivity (Wildman–Crippen MR) is 121 cm³/mol. The number of nitrogens with zero attached hydrogens (tertiary/aromatic N) is 1. The van der Waals surface area contributed by atoms with Crippen LogP contribution in [0.25, 0.3) is 11.3 Å². The van der Waals surface area contributed by atoms with E-state index in [0.29, 0.717) is 5.92 Å². The maximum Gasteiger partial charge on any atom is 0.302 e. The Balaban J connectivity index is 1.38. The lowest BCUT2D eigenvalue weighted by Crippen LogP contribution is -2.22. The lowest BCUT2D eigenvalue weighted by molar-refractivity contribution is -0.147. The molecule has 3 aromatic rings. The highest BCUT2D eigenvalue weighted by molar-refractivity contribution is 7.14. The molecule has 1 saturated carbocycles. The Morgan fingerprint density at radius 1 is 1.10 bits per heavy atom. The number of rotatable bonds is 6. The van der Waals surface area contributed by atoms with Gasteiger partial charge in [-0.1, -0.05) is 30.3 Å². The fourth-order valence-electron chi connectivity index (χ4n) is 3.96. The van der Waals surface area contributed by atoms with Crippen LogP contribution < -0.4 is 10.1 Å². The van der Waals surface area contributed by atoms with Crippen molar-refractivity contribution >= 4 is 28.1 Å². The summed E-state index contributed by atoms with van der Waals surface area (Å²) < 4.78 is 10.6. The number of nitrogens with one attached hydrogen (secondary N) is 1. The van der Waals surface area contributed by atoms with E-state index in [1.165, 1.54) is 12.5 Å². The number of carbonyl (C=O) groups is 1. The average Bonchev–Trinajstić information content (AvgIpc) is 3.22. The molecule has 0 unspecified atom stereocenters. The first-order valence-electron chi connectivity index (χ1n) is 10.2. The number of hydrogen-bond donors (Lipinski definition) is 1. The largest absolute Gasteiger partial charge is 0.497 e. The Labute approximate surface area is 181 Å². The number of carbonyl (C=O) groups excluding carboxylic acids is 1. The number of ether oxygens (including phenoxy) is 2. The van der Waals surface area contributed by atoms with Crippen LogP contribution in [0.1, 0.15) is 44.1 Å². The van der Waals surface area contributed by atoms with E-state index in [-0.39, 0.29) is 12.1 Å². The van der Waals surface area contributed by atoms with Crippen molar-refractivity contribution in [2.45, 2.75) is 44.6 Å². The van der Waals surface area contributed by atoms with E-state index in [1.54, 1.807) is 18.4 Å². The average molecular weight is 423 g/mol. The van der Waals surface area contributed by atoms with Crippen molar-refractivity contribution in [3.8, 4) is 17.0 Å². The van der Waals surface area contributed by atoms with E-state index < -0.39 is 0 Å². The second-order valence-corrected chi connectivity index (χ2v) is 8.46. The molecule has 6 heteroatoms. The third-order valence-corrected chi connectivity index (χ3v) is 6.27. The lowest BCUT2D eigenvalue weighted by atomic mass is 9.82. The lowest BCUT2D eigenvalue weighted by Gasteiger charge is -2.28. The molecule has 1 N–H and O–H groups in total. The van der Waals surface area contributed by atoms with Gasteiger partial charge in [-0.05, 0) is 49.3 Å². The SMILES string of the molecule is COc1cccc(Nc2nc(-c3ccc(C4CCC(OC(C)=O)CC4)cc3)cs2)c1. The molecule has 0 amide bonds. The molecule has 0 atom stereocenters. The zero-order valence-electron chi connectivity index (χ0n) is 17.3. The highest BCUT2D eigenvalue weighted by Crippen LogP contribution is 2.35. The smallest absolute Gasteiger partial charge is 0.302 e. The molecule has 4 rings (SSSR count). The summed E-state index contributed by atoms with van der Waals surface area (Å²) in [6.45, 7) is 1.49. The van der Waals surface area contributed by atoms with Gasteiger partial charge < -0.3 is 14.8 Å². The normalized spacial score (nSPS) is 18.6. The molecule has 0 saturated heterocycles. The number of thiazole rings is 1. The predicted octanol–water partition coefficient (Wildman–Crippen LogP) is 6.15. The second kappa shape index (κ2) is 9.30. The number of aromatic nitrogens is 1. The molecule has 156 valence electrons. The molecular weight excluding hydrogens is 396 g/mol. The summed E-state index contributed by atoms with van der Waals surface area (Å²) in [5, 5.41) is 6.27. The summed E-state index contributed by atoms with van der Waals surface area (Å²) in [7, 11) is 1.66. The van der Waals surface area contributed by atoms with Crippen LogP contribution in [0, 0.1) is 0 Å². The highest BCUT2D eigenvalue weighted by atomic mass is 32.1. The first kappa shape index (κ1) is 20.4. The quantitative estimate of drug-likeness (QED) is 0.483. The fraction of sp³-hybridized carbons (Fsp3) is 0.333. The van der Waals surface area contributed by atoms with Crippen molar-refractivity contribution in [3.63, 3.8) is 0 Å². The van der Waals surface area contributed by atoms with Crippen molar-refractivity contribution in [1.82, 2.24) is 4.98 Å². The molecule has 1 aromatic heterocycles. The highest BCUT2D eigenvalue weighted by Gasteiger charge is 2.24. The van der Waals surface area contributed by atoms with Gasteiger partial charge in [0.25, 0.3) is 0 Å². The third-order valence-electron chi connectivity index (χ3n) is 5.51. The van der Waals surface area contributed by atoms with Gasteiger partial charge in [-0.25, -0.2) is 4.98 Å². The van der Waals surface area contributed by atoms with E-state index in [4.69, 9.17) is 14.5 Å². The first-order valence-corrected chi connectivity index (χ1v) is 11.1. The van der Waals surface area contributed by atoms with Crippen LogP contribution in [0.15, 0.2) is 53.9 Å². The number of hydrogen-bond acceptors (Lipinski definition) is 6. The summed E-state index contributed by atoms with van der Waals surface area (Å²) in [6, 6.07) is 16.5. The Kier molecular flexibility index (Phi) is 6.33.